The molecule has 1 aliphatic heterocycles. The monoisotopic (exact) mass is 260 g/mol. The molecule has 0 spiro atoms. The molecule has 1 saturated carbocycles. The molecule has 0 radical (unpaired) electrons. The van der Waals surface area contributed by atoms with Gasteiger partial charge in [-0.2, -0.15) is 23.5 Å². The number of hydrogen-bond acceptors (Lipinski definition) is 3. The Kier molecular flexibility index (Phi) is 4.92. The maximum atomic E-state index is 10.5. The van der Waals surface area contributed by atoms with E-state index >= 15 is 0 Å². The lowest BCUT2D eigenvalue weighted by atomic mass is 9.74. The fourth-order valence-corrected chi connectivity index (χ4v) is 6.14. The van der Waals surface area contributed by atoms with Crippen LogP contribution in [0.3, 0.4) is 0 Å². The van der Waals surface area contributed by atoms with Crippen molar-refractivity contribution in [3.63, 3.8) is 0 Å². The molecule has 0 bridgehead atoms. The van der Waals surface area contributed by atoms with E-state index in [-0.39, 0.29) is 6.10 Å². The molecular weight excluding hydrogens is 236 g/mol. The van der Waals surface area contributed by atoms with Crippen LogP contribution in [-0.4, -0.2) is 33.7 Å². The summed E-state index contributed by atoms with van der Waals surface area (Å²) in [6.45, 7) is 4.69. The highest BCUT2D eigenvalue weighted by atomic mass is 32.2. The molecule has 1 N–H and O–H groups in total. The SMILES string of the molecule is CC1CC(C)CC(C(O)C2CSCCS2)C1. The fourth-order valence-electron chi connectivity index (χ4n) is 3.29. The van der Waals surface area contributed by atoms with Gasteiger partial charge in [0.25, 0.3) is 0 Å². The van der Waals surface area contributed by atoms with E-state index in [1.165, 1.54) is 30.8 Å². The van der Waals surface area contributed by atoms with Crippen molar-refractivity contribution < 1.29 is 5.11 Å². The number of aliphatic hydroxyl groups is 1. The van der Waals surface area contributed by atoms with Gasteiger partial charge in [-0.05, 0) is 37.0 Å². The summed E-state index contributed by atoms with van der Waals surface area (Å²) in [5.74, 6) is 5.84. The summed E-state index contributed by atoms with van der Waals surface area (Å²) in [7, 11) is 0. The van der Waals surface area contributed by atoms with Crippen molar-refractivity contribution in [1.82, 2.24) is 0 Å². The molecule has 0 aromatic rings. The van der Waals surface area contributed by atoms with Gasteiger partial charge in [-0.3, -0.25) is 0 Å². The summed E-state index contributed by atoms with van der Waals surface area (Å²) >= 11 is 4.01. The zero-order chi connectivity index (χ0) is 11.5. The zero-order valence-corrected chi connectivity index (χ0v) is 12.0. The van der Waals surface area contributed by atoms with Crippen LogP contribution in [0.1, 0.15) is 33.1 Å². The smallest absolute Gasteiger partial charge is 0.0695 e. The molecule has 16 heavy (non-hydrogen) atoms. The van der Waals surface area contributed by atoms with E-state index in [2.05, 4.69) is 13.8 Å². The molecule has 1 saturated heterocycles. The van der Waals surface area contributed by atoms with Crippen LogP contribution in [0.4, 0.5) is 0 Å². The first-order valence-corrected chi connectivity index (χ1v) is 8.74. The van der Waals surface area contributed by atoms with Crippen molar-refractivity contribution in [3.8, 4) is 0 Å². The third-order valence-electron chi connectivity index (χ3n) is 3.92. The van der Waals surface area contributed by atoms with Gasteiger partial charge in [-0.15, -0.1) is 0 Å². The molecule has 3 heteroatoms. The van der Waals surface area contributed by atoms with Crippen molar-refractivity contribution in [2.24, 2.45) is 17.8 Å². The van der Waals surface area contributed by atoms with E-state index in [1.54, 1.807) is 0 Å². The average Bonchev–Trinajstić information content (AvgIpc) is 2.28. The summed E-state index contributed by atoms with van der Waals surface area (Å²) in [4.78, 5) is 0. The van der Waals surface area contributed by atoms with E-state index in [1.807, 2.05) is 23.5 Å². The van der Waals surface area contributed by atoms with Crippen molar-refractivity contribution >= 4 is 23.5 Å². The summed E-state index contributed by atoms with van der Waals surface area (Å²) in [5.41, 5.74) is 0. The predicted molar refractivity (Wildman–Crippen MR) is 75.2 cm³/mol. The molecule has 0 aromatic carbocycles. The van der Waals surface area contributed by atoms with Crippen LogP contribution < -0.4 is 0 Å². The molecule has 0 amide bonds. The highest BCUT2D eigenvalue weighted by molar-refractivity contribution is 8.06. The number of thioether (sulfide) groups is 2. The van der Waals surface area contributed by atoms with Gasteiger partial charge in [0.2, 0.25) is 0 Å². The first kappa shape index (κ1) is 13.1. The molecular formula is C13H24OS2. The Morgan fingerprint density at radius 2 is 1.75 bits per heavy atom. The summed E-state index contributed by atoms with van der Waals surface area (Å²) in [5, 5.41) is 11.0. The van der Waals surface area contributed by atoms with Gasteiger partial charge in [0.15, 0.2) is 0 Å². The minimum atomic E-state index is -0.0528. The molecule has 1 nitrogen and oxygen atoms in total. The van der Waals surface area contributed by atoms with Gasteiger partial charge < -0.3 is 5.11 Å². The summed E-state index contributed by atoms with van der Waals surface area (Å²) in [6.07, 6.45) is 3.79. The highest BCUT2D eigenvalue weighted by Gasteiger charge is 2.34. The predicted octanol–water partition coefficient (Wildman–Crippen LogP) is 3.27. The molecule has 4 atom stereocenters. The number of rotatable bonds is 2. The quantitative estimate of drug-likeness (QED) is 0.823. The Balaban J connectivity index is 1.89. The molecule has 1 aliphatic carbocycles. The van der Waals surface area contributed by atoms with Crippen LogP contribution in [0.2, 0.25) is 0 Å². The Morgan fingerprint density at radius 3 is 2.31 bits per heavy atom. The second-order valence-corrected chi connectivity index (χ2v) is 8.15. The maximum Gasteiger partial charge on any atom is 0.0695 e. The Morgan fingerprint density at radius 1 is 1.06 bits per heavy atom. The molecule has 0 aromatic heterocycles. The van der Waals surface area contributed by atoms with Gasteiger partial charge in [-0.25, -0.2) is 0 Å². The van der Waals surface area contributed by atoms with Crippen LogP contribution >= 0.6 is 23.5 Å². The van der Waals surface area contributed by atoms with Crippen molar-refractivity contribution in [1.29, 1.82) is 0 Å². The van der Waals surface area contributed by atoms with E-state index in [0.29, 0.717) is 11.2 Å². The molecule has 2 fully saturated rings. The lowest BCUT2D eigenvalue weighted by Gasteiger charge is -2.38. The maximum absolute atomic E-state index is 10.5. The third-order valence-corrected chi connectivity index (χ3v) is 6.79. The second kappa shape index (κ2) is 6.01. The van der Waals surface area contributed by atoms with Crippen LogP contribution in [0.15, 0.2) is 0 Å². The summed E-state index contributed by atoms with van der Waals surface area (Å²) in [6, 6.07) is 0. The minimum Gasteiger partial charge on any atom is -0.392 e. The van der Waals surface area contributed by atoms with Gasteiger partial charge >= 0.3 is 0 Å². The van der Waals surface area contributed by atoms with E-state index in [9.17, 15) is 5.11 Å². The van der Waals surface area contributed by atoms with Gasteiger partial charge in [0, 0.05) is 22.5 Å². The topological polar surface area (TPSA) is 20.2 Å². The van der Waals surface area contributed by atoms with Gasteiger partial charge in [0.05, 0.1) is 6.10 Å². The fraction of sp³-hybridized carbons (Fsp3) is 1.00. The Hall–Kier alpha value is 0.660. The van der Waals surface area contributed by atoms with E-state index in [4.69, 9.17) is 0 Å². The molecule has 4 unspecified atom stereocenters. The second-order valence-electron chi connectivity index (χ2n) is 5.65. The molecule has 2 rings (SSSR count). The minimum absolute atomic E-state index is 0.0528. The average molecular weight is 260 g/mol. The van der Waals surface area contributed by atoms with Gasteiger partial charge in [-0.1, -0.05) is 13.8 Å². The van der Waals surface area contributed by atoms with Crippen molar-refractivity contribution in [2.45, 2.75) is 44.5 Å². The van der Waals surface area contributed by atoms with Crippen LogP contribution in [-0.2, 0) is 0 Å². The number of aliphatic hydroxyl groups excluding tert-OH is 1. The van der Waals surface area contributed by atoms with Crippen LogP contribution in [0, 0.1) is 17.8 Å². The highest BCUT2D eigenvalue weighted by Crippen LogP contribution is 2.38. The molecule has 2 aliphatic rings. The Labute approximate surface area is 108 Å². The Bertz CT molecular complexity index is 206. The van der Waals surface area contributed by atoms with Crippen LogP contribution in [0.5, 0.6) is 0 Å². The lowest BCUT2D eigenvalue weighted by Crippen LogP contribution is -2.38. The van der Waals surface area contributed by atoms with Crippen molar-refractivity contribution in [2.75, 3.05) is 17.3 Å². The third kappa shape index (κ3) is 3.33. The first-order valence-electron chi connectivity index (χ1n) is 6.54. The zero-order valence-electron chi connectivity index (χ0n) is 10.4. The normalized spacial score (nSPS) is 42.9. The van der Waals surface area contributed by atoms with Crippen LogP contribution in [0.25, 0.3) is 0 Å². The standard InChI is InChI=1S/C13H24OS2/c1-9-5-10(2)7-11(6-9)13(14)12-8-15-3-4-16-12/h9-14H,3-8H2,1-2H3. The van der Waals surface area contributed by atoms with Gasteiger partial charge in [0.1, 0.15) is 0 Å². The molecule has 94 valence electrons. The lowest BCUT2D eigenvalue weighted by molar-refractivity contribution is 0.0578. The first-order chi connectivity index (χ1) is 7.66. The largest absolute Gasteiger partial charge is 0.392 e. The summed E-state index contributed by atoms with van der Waals surface area (Å²) < 4.78 is 0. The number of hydrogen-bond donors (Lipinski definition) is 1. The van der Waals surface area contributed by atoms with Crippen molar-refractivity contribution in [3.05, 3.63) is 0 Å². The molecule has 1 heterocycles. The van der Waals surface area contributed by atoms with E-state index < -0.39 is 0 Å². The van der Waals surface area contributed by atoms with E-state index in [0.717, 1.165) is 17.6 Å².